The zero-order chi connectivity index (χ0) is 5.98. The largest absolute Gasteiger partial charge is 0.380 e. The van der Waals surface area contributed by atoms with Gasteiger partial charge in [0.15, 0.2) is 0 Å². The molecule has 0 radical (unpaired) electrons. The first-order chi connectivity index (χ1) is 3.84. The molecule has 1 saturated heterocycles. The minimum absolute atomic E-state index is 0.148. The van der Waals surface area contributed by atoms with Crippen LogP contribution in [-0.4, -0.2) is 13.2 Å². The van der Waals surface area contributed by atoms with E-state index < -0.39 is 0 Å². The Balaban J connectivity index is 2.45. The van der Waals surface area contributed by atoms with Gasteiger partial charge in [-0.2, -0.15) is 5.26 Å². The van der Waals surface area contributed by atoms with Gasteiger partial charge in [0.25, 0.3) is 0 Å². The van der Waals surface area contributed by atoms with Crippen LogP contribution in [0.2, 0.25) is 0 Å². The second kappa shape index (κ2) is 2.15. The molecule has 2 unspecified atom stereocenters. The maximum absolute atomic E-state index is 8.41. The number of hydrogen-bond donors (Lipinski definition) is 0. The topological polar surface area (TPSA) is 33.0 Å². The molecule has 0 spiro atoms. The van der Waals surface area contributed by atoms with Crippen molar-refractivity contribution < 1.29 is 4.74 Å². The lowest BCUT2D eigenvalue weighted by molar-refractivity contribution is 0.185. The molecule has 8 heavy (non-hydrogen) atoms. The number of ether oxygens (including phenoxy) is 1. The van der Waals surface area contributed by atoms with E-state index in [1.54, 1.807) is 0 Å². The summed E-state index contributed by atoms with van der Waals surface area (Å²) in [5.74, 6) is 0.593. The molecule has 1 heterocycles. The Bertz CT molecular complexity index is 116. The van der Waals surface area contributed by atoms with Crippen molar-refractivity contribution in [2.24, 2.45) is 11.8 Å². The van der Waals surface area contributed by atoms with Gasteiger partial charge < -0.3 is 4.74 Å². The van der Waals surface area contributed by atoms with Crippen LogP contribution in [0.15, 0.2) is 0 Å². The molecule has 44 valence electrons. The van der Waals surface area contributed by atoms with E-state index >= 15 is 0 Å². The van der Waals surface area contributed by atoms with Gasteiger partial charge in [-0.15, -0.1) is 0 Å². The van der Waals surface area contributed by atoms with Crippen LogP contribution in [0.1, 0.15) is 6.92 Å². The molecule has 0 amide bonds. The van der Waals surface area contributed by atoms with Gasteiger partial charge >= 0.3 is 0 Å². The maximum atomic E-state index is 8.41. The Morgan fingerprint density at radius 3 is 2.62 bits per heavy atom. The number of nitriles is 1. The second-order valence-electron chi connectivity index (χ2n) is 2.25. The summed E-state index contributed by atoms with van der Waals surface area (Å²) in [4.78, 5) is 0. The van der Waals surface area contributed by atoms with Gasteiger partial charge in [-0.25, -0.2) is 0 Å². The van der Waals surface area contributed by atoms with Crippen LogP contribution in [0.5, 0.6) is 0 Å². The first kappa shape index (κ1) is 5.58. The number of rotatable bonds is 0. The third-order valence-corrected chi connectivity index (χ3v) is 1.53. The van der Waals surface area contributed by atoms with Crippen molar-refractivity contribution in [2.45, 2.75) is 6.92 Å². The summed E-state index contributed by atoms with van der Waals surface area (Å²) < 4.78 is 5.04. The first-order valence-electron chi connectivity index (χ1n) is 2.82. The van der Waals surface area contributed by atoms with Crippen molar-refractivity contribution in [3.05, 3.63) is 0 Å². The van der Waals surface area contributed by atoms with E-state index in [4.69, 9.17) is 10.00 Å². The van der Waals surface area contributed by atoms with Gasteiger partial charge in [-0.1, -0.05) is 6.92 Å². The molecule has 0 aromatic carbocycles. The van der Waals surface area contributed by atoms with Crippen molar-refractivity contribution in [3.8, 4) is 6.07 Å². The molecule has 1 rings (SSSR count). The quantitative estimate of drug-likeness (QED) is 0.463. The average molecular weight is 111 g/mol. The molecule has 0 N–H and O–H groups in total. The van der Waals surface area contributed by atoms with Crippen molar-refractivity contribution in [3.63, 3.8) is 0 Å². The van der Waals surface area contributed by atoms with Crippen LogP contribution < -0.4 is 0 Å². The number of nitrogens with zero attached hydrogens (tertiary/aromatic N) is 1. The highest BCUT2D eigenvalue weighted by Crippen LogP contribution is 2.17. The normalized spacial score (nSPS) is 37.0. The smallest absolute Gasteiger partial charge is 0.0744 e. The molecule has 2 atom stereocenters. The van der Waals surface area contributed by atoms with E-state index in [0.29, 0.717) is 12.5 Å². The fourth-order valence-electron chi connectivity index (χ4n) is 0.826. The second-order valence-corrected chi connectivity index (χ2v) is 2.25. The molecule has 2 nitrogen and oxygen atoms in total. The Kier molecular flexibility index (Phi) is 1.50. The monoisotopic (exact) mass is 111 g/mol. The van der Waals surface area contributed by atoms with Crippen molar-refractivity contribution in [1.29, 1.82) is 5.26 Å². The summed E-state index contributed by atoms with van der Waals surface area (Å²) in [7, 11) is 0. The Labute approximate surface area is 49.1 Å². The van der Waals surface area contributed by atoms with Gasteiger partial charge in [-0.3, -0.25) is 0 Å². The lowest BCUT2D eigenvalue weighted by atomic mass is 10.0. The Hall–Kier alpha value is -0.550. The van der Waals surface area contributed by atoms with Crippen LogP contribution in [0.4, 0.5) is 0 Å². The standard InChI is InChI=1S/C6H9NO/c1-5-3-8-4-6(5)2-7/h5-6H,3-4H2,1H3. The van der Waals surface area contributed by atoms with E-state index in [-0.39, 0.29) is 5.92 Å². The lowest BCUT2D eigenvalue weighted by Crippen LogP contribution is -2.04. The zero-order valence-corrected chi connectivity index (χ0v) is 4.92. The predicted octanol–water partition coefficient (Wildman–Crippen LogP) is 0.792. The lowest BCUT2D eigenvalue weighted by Gasteiger charge is -1.98. The minimum atomic E-state index is 0.148. The van der Waals surface area contributed by atoms with Crippen LogP contribution in [0.3, 0.4) is 0 Å². The van der Waals surface area contributed by atoms with Crippen molar-refractivity contribution in [2.75, 3.05) is 13.2 Å². The fraction of sp³-hybridized carbons (Fsp3) is 0.833. The highest BCUT2D eigenvalue weighted by molar-refractivity contribution is 4.89. The fourth-order valence-corrected chi connectivity index (χ4v) is 0.826. The zero-order valence-electron chi connectivity index (χ0n) is 4.92. The van der Waals surface area contributed by atoms with Gasteiger partial charge in [0.1, 0.15) is 0 Å². The average Bonchev–Trinajstić information content (AvgIpc) is 2.14. The highest BCUT2D eigenvalue weighted by atomic mass is 16.5. The first-order valence-corrected chi connectivity index (χ1v) is 2.82. The summed E-state index contributed by atoms with van der Waals surface area (Å²) >= 11 is 0. The molecule has 0 aromatic heterocycles. The van der Waals surface area contributed by atoms with Gasteiger partial charge in [-0.05, 0) is 5.92 Å². The minimum Gasteiger partial charge on any atom is -0.380 e. The van der Waals surface area contributed by atoms with Crippen LogP contribution in [0, 0.1) is 23.2 Å². The molecular weight excluding hydrogens is 102 g/mol. The molecule has 0 bridgehead atoms. The van der Waals surface area contributed by atoms with E-state index in [1.165, 1.54) is 0 Å². The maximum Gasteiger partial charge on any atom is 0.0744 e. The molecule has 0 aromatic rings. The van der Waals surface area contributed by atoms with E-state index in [1.807, 2.05) is 6.92 Å². The molecule has 1 aliphatic rings. The molecule has 1 aliphatic heterocycles. The highest BCUT2D eigenvalue weighted by Gasteiger charge is 2.23. The third kappa shape index (κ3) is 0.823. The number of hydrogen-bond acceptors (Lipinski definition) is 2. The molecule has 0 aliphatic carbocycles. The summed E-state index contributed by atoms with van der Waals surface area (Å²) in [6.07, 6.45) is 0. The van der Waals surface area contributed by atoms with Gasteiger partial charge in [0, 0.05) is 0 Å². The Morgan fingerprint density at radius 1 is 1.62 bits per heavy atom. The summed E-state index contributed by atoms with van der Waals surface area (Å²) in [6, 6.07) is 2.19. The van der Waals surface area contributed by atoms with Gasteiger partial charge in [0.05, 0.1) is 25.2 Å². The van der Waals surface area contributed by atoms with E-state index in [2.05, 4.69) is 6.07 Å². The van der Waals surface area contributed by atoms with Crippen LogP contribution in [-0.2, 0) is 4.74 Å². The van der Waals surface area contributed by atoms with E-state index in [9.17, 15) is 0 Å². The van der Waals surface area contributed by atoms with Crippen LogP contribution >= 0.6 is 0 Å². The molecule has 0 saturated carbocycles. The SMILES string of the molecule is CC1COCC1C#N. The predicted molar refractivity (Wildman–Crippen MR) is 29.1 cm³/mol. The molecular formula is C6H9NO. The van der Waals surface area contributed by atoms with Crippen molar-refractivity contribution >= 4 is 0 Å². The summed E-state index contributed by atoms with van der Waals surface area (Å²) in [6.45, 7) is 3.44. The van der Waals surface area contributed by atoms with Crippen molar-refractivity contribution in [1.82, 2.24) is 0 Å². The molecule has 1 fully saturated rings. The summed E-state index contributed by atoms with van der Waals surface area (Å²) in [5.41, 5.74) is 0. The molecule has 2 heteroatoms. The van der Waals surface area contributed by atoms with Gasteiger partial charge in [0.2, 0.25) is 0 Å². The Morgan fingerprint density at radius 2 is 2.38 bits per heavy atom. The third-order valence-electron chi connectivity index (χ3n) is 1.53. The van der Waals surface area contributed by atoms with Crippen LogP contribution in [0.25, 0.3) is 0 Å². The van der Waals surface area contributed by atoms with E-state index in [0.717, 1.165) is 6.61 Å². The summed E-state index contributed by atoms with van der Waals surface area (Å²) in [5, 5.41) is 8.41.